The summed E-state index contributed by atoms with van der Waals surface area (Å²) in [6.45, 7) is 0. The Hall–Kier alpha value is -1.54. The van der Waals surface area contributed by atoms with Crippen molar-refractivity contribution in [1.82, 2.24) is 0 Å². The third kappa shape index (κ3) is 1.89. The Morgan fingerprint density at radius 1 is 1.06 bits per heavy atom. The molecule has 0 aliphatic rings. The lowest BCUT2D eigenvalue weighted by molar-refractivity contribution is 0.413. The molecular weight excluding hydrogens is 227 g/mol. The Bertz CT molecular complexity index is 497. The number of methoxy groups -OCH3 is 1. The fourth-order valence-corrected chi connectivity index (χ4v) is 1.73. The quantitative estimate of drug-likeness (QED) is 0.761. The summed E-state index contributed by atoms with van der Waals surface area (Å²) in [5.74, 6) is 0.0281. The summed E-state index contributed by atoms with van der Waals surface area (Å²) >= 11 is 5.76. The largest absolute Gasteiger partial charge is 0.496 e. The van der Waals surface area contributed by atoms with Crippen molar-refractivity contribution in [3.63, 3.8) is 0 Å². The summed E-state index contributed by atoms with van der Waals surface area (Å²) in [6, 6.07) is 12.3. The second kappa shape index (κ2) is 4.54. The van der Waals surface area contributed by atoms with E-state index in [0.29, 0.717) is 11.3 Å². The Morgan fingerprint density at radius 2 is 1.75 bits per heavy atom. The maximum atomic E-state index is 13.9. The summed E-state index contributed by atoms with van der Waals surface area (Å²) in [4.78, 5) is 0. The molecule has 0 radical (unpaired) electrons. The predicted octanol–water partition coefficient (Wildman–Crippen LogP) is 4.15. The number of hydrogen-bond donors (Lipinski definition) is 0. The van der Waals surface area contributed by atoms with E-state index in [9.17, 15) is 4.39 Å². The summed E-state index contributed by atoms with van der Waals surface area (Å²) in [6.07, 6.45) is 0. The van der Waals surface area contributed by atoms with Gasteiger partial charge in [0.05, 0.1) is 17.7 Å². The molecule has 0 spiro atoms. The molecule has 2 aromatic rings. The zero-order valence-corrected chi connectivity index (χ0v) is 9.46. The van der Waals surface area contributed by atoms with Crippen LogP contribution in [0.4, 0.5) is 4.39 Å². The van der Waals surface area contributed by atoms with Crippen LogP contribution in [-0.2, 0) is 0 Å². The van der Waals surface area contributed by atoms with Gasteiger partial charge in [0, 0.05) is 0 Å². The number of halogens is 2. The minimum atomic E-state index is -0.452. The highest BCUT2D eigenvalue weighted by Gasteiger charge is 2.14. The molecule has 0 aliphatic carbocycles. The molecule has 0 bridgehead atoms. The maximum absolute atomic E-state index is 13.9. The van der Waals surface area contributed by atoms with Gasteiger partial charge in [0.2, 0.25) is 0 Å². The normalized spacial score (nSPS) is 10.2. The highest BCUT2D eigenvalue weighted by Crippen LogP contribution is 2.35. The first kappa shape index (κ1) is 11.0. The second-order valence-corrected chi connectivity index (χ2v) is 3.71. The van der Waals surface area contributed by atoms with Crippen molar-refractivity contribution in [3.8, 4) is 16.9 Å². The minimum Gasteiger partial charge on any atom is -0.496 e. The van der Waals surface area contributed by atoms with E-state index in [-0.39, 0.29) is 5.02 Å². The van der Waals surface area contributed by atoms with Crippen molar-refractivity contribution in [2.75, 3.05) is 7.11 Å². The first-order valence-electron chi connectivity index (χ1n) is 4.81. The SMILES string of the molecule is COc1ccc(Cl)c(F)c1-c1ccccc1. The van der Waals surface area contributed by atoms with Gasteiger partial charge in [-0.15, -0.1) is 0 Å². The fraction of sp³-hybridized carbons (Fsp3) is 0.0769. The van der Waals surface area contributed by atoms with Crippen LogP contribution in [0.1, 0.15) is 0 Å². The van der Waals surface area contributed by atoms with Crippen molar-refractivity contribution in [2.45, 2.75) is 0 Å². The van der Waals surface area contributed by atoms with Crippen molar-refractivity contribution in [3.05, 3.63) is 53.3 Å². The molecule has 16 heavy (non-hydrogen) atoms. The number of benzene rings is 2. The van der Waals surface area contributed by atoms with Gasteiger partial charge in [-0.2, -0.15) is 0 Å². The van der Waals surface area contributed by atoms with E-state index in [4.69, 9.17) is 16.3 Å². The van der Waals surface area contributed by atoms with Gasteiger partial charge in [0.1, 0.15) is 5.75 Å². The Labute approximate surface area is 98.4 Å². The van der Waals surface area contributed by atoms with Crippen LogP contribution >= 0.6 is 11.6 Å². The van der Waals surface area contributed by atoms with E-state index in [1.54, 1.807) is 6.07 Å². The number of ether oxygens (including phenoxy) is 1. The summed E-state index contributed by atoms with van der Waals surface area (Å²) < 4.78 is 19.1. The molecule has 0 aliphatic heterocycles. The molecule has 0 saturated heterocycles. The molecule has 0 amide bonds. The summed E-state index contributed by atoms with van der Waals surface area (Å²) in [7, 11) is 1.51. The van der Waals surface area contributed by atoms with Crippen LogP contribution in [0.3, 0.4) is 0 Å². The molecule has 0 aromatic heterocycles. The minimum absolute atomic E-state index is 0.0969. The molecule has 0 saturated carbocycles. The van der Waals surface area contributed by atoms with E-state index in [1.807, 2.05) is 30.3 Å². The lowest BCUT2D eigenvalue weighted by Gasteiger charge is -2.10. The number of rotatable bonds is 2. The maximum Gasteiger partial charge on any atom is 0.153 e. The highest BCUT2D eigenvalue weighted by molar-refractivity contribution is 6.31. The monoisotopic (exact) mass is 236 g/mol. The van der Waals surface area contributed by atoms with E-state index in [2.05, 4.69) is 0 Å². The van der Waals surface area contributed by atoms with Gasteiger partial charge in [-0.05, 0) is 17.7 Å². The summed E-state index contributed by atoms with van der Waals surface area (Å²) in [5.41, 5.74) is 1.15. The molecule has 2 rings (SSSR count). The van der Waals surface area contributed by atoms with Gasteiger partial charge in [-0.1, -0.05) is 41.9 Å². The second-order valence-electron chi connectivity index (χ2n) is 3.30. The van der Waals surface area contributed by atoms with E-state index in [1.165, 1.54) is 13.2 Å². The smallest absolute Gasteiger partial charge is 0.153 e. The van der Waals surface area contributed by atoms with Crippen LogP contribution in [-0.4, -0.2) is 7.11 Å². The fourth-order valence-electron chi connectivity index (χ4n) is 1.58. The molecule has 0 unspecified atom stereocenters. The van der Waals surface area contributed by atoms with Crippen LogP contribution < -0.4 is 4.74 Å². The van der Waals surface area contributed by atoms with E-state index >= 15 is 0 Å². The van der Waals surface area contributed by atoms with E-state index in [0.717, 1.165) is 5.56 Å². The van der Waals surface area contributed by atoms with Gasteiger partial charge in [-0.25, -0.2) is 4.39 Å². The van der Waals surface area contributed by atoms with Crippen LogP contribution in [0.2, 0.25) is 5.02 Å². The van der Waals surface area contributed by atoms with Crippen molar-refractivity contribution in [1.29, 1.82) is 0 Å². The lowest BCUT2D eigenvalue weighted by Crippen LogP contribution is -1.92. The van der Waals surface area contributed by atoms with Gasteiger partial charge >= 0.3 is 0 Å². The van der Waals surface area contributed by atoms with Gasteiger partial charge < -0.3 is 4.74 Å². The van der Waals surface area contributed by atoms with Crippen LogP contribution in [0.25, 0.3) is 11.1 Å². The molecule has 0 heterocycles. The van der Waals surface area contributed by atoms with E-state index < -0.39 is 5.82 Å². The molecule has 2 aromatic carbocycles. The highest BCUT2D eigenvalue weighted by atomic mass is 35.5. The van der Waals surface area contributed by atoms with Gasteiger partial charge in [0.15, 0.2) is 5.82 Å². The first-order valence-corrected chi connectivity index (χ1v) is 5.19. The summed E-state index contributed by atoms with van der Waals surface area (Å²) in [5, 5.41) is 0.0969. The molecule has 1 nitrogen and oxygen atoms in total. The Kier molecular flexibility index (Phi) is 3.11. The van der Waals surface area contributed by atoms with Gasteiger partial charge in [0.25, 0.3) is 0 Å². The molecule has 82 valence electrons. The standard InChI is InChI=1S/C13H10ClFO/c1-16-11-8-7-10(14)13(15)12(11)9-5-3-2-4-6-9/h2-8H,1H3. The van der Waals surface area contributed by atoms with Crippen molar-refractivity contribution in [2.24, 2.45) is 0 Å². The Morgan fingerprint density at radius 3 is 2.38 bits per heavy atom. The van der Waals surface area contributed by atoms with Crippen LogP contribution in [0.5, 0.6) is 5.75 Å². The third-order valence-electron chi connectivity index (χ3n) is 2.34. The molecule has 3 heteroatoms. The molecule has 0 N–H and O–H groups in total. The molecular formula is C13H10ClFO. The zero-order valence-electron chi connectivity index (χ0n) is 8.71. The zero-order chi connectivity index (χ0) is 11.5. The predicted molar refractivity (Wildman–Crippen MR) is 63.4 cm³/mol. The molecule has 0 atom stereocenters. The molecule has 0 fully saturated rings. The third-order valence-corrected chi connectivity index (χ3v) is 2.63. The van der Waals surface area contributed by atoms with Crippen LogP contribution in [0, 0.1) is 5.82 Å². The number of hydrogen-bond acceptors (Lipinski definition) is 1. The first-order chi connectivity index (χ1) is 7.74. The van der Waals surface area contributed by atoms with Crippen molar-refractivity contribution >= 4 is 11.6 Å². The Balaban J connectivity index is 2.67. The topological polar surface area (TPSA) is 9.23 Å². The van der Waals surface area contributed by atoms with Crippen LogP contribution in [0.15, 0.2) is 42.5 Å². The average Bonchev–Trinajstić information content (AvgIpc) is 2.33. The van der Waals surface area contributed by atoms with Crippen molar-refractivity contribution < 1.29 is 9.13 Å². The lowest BCUT2D eigenvalue weighted by atomic mass is 10.0. The average molecular weight is 237 g/mol. The van der Waals surface area contributed by atoms with Gasteiger partial charge in [-0.3, -0.25) is 0 Å².